The Balaban J connectivity index is 1.92. The Kier molecular flexibility index (Phi) is 6.72. The average Bonchev–Trinajstić information content (AvgIpc) is 2.72. The molecule has 5 nitrogen and oxygen atoms in total. The Morgan fingerprint density at radius 1 is 0.967 bits per heavy atom. The molecule has 0 amide bonds. The smallest absolute Gasteiger partial charge is 0.217 e. The van der Waals surface area contributed by atoms with Gasteiger partial charge in [0.25, 0.3) is 0 Å². The van der Waals surface area contributed by atoms with Gasteiger partial charge in [0, 0.05) is 7.05 Å². The van der Waals surface area contributed by atoms with Crippen molar-refractivity contribution in [2.45, 2.75) is 57.8 Å². The van der Waals surface area contributed by atoms with Gasteiger partial charge in [0.2, 0.25) is 10.0 Å². The van der Waals surface area contributed by atoms with Crippen molar-refractivity contribution in [1.29, 1.82) is 0 Å². The first kappa shape index (κ1) is 22.9. The Morgan fingerprint density at radius 3 is 2.10 bits per heavy atom. The van der Waals surface area contributed by atoms with Crippen molar-refractivity contribution in [2.24, 2.45) is 5.92 Å². The minimum atomic E-state index is -3.49. The number of benzene rings is 2. The zero-order valence-corrected chi connectivity index (χ0v) is 19.5. The molecule has 3 atom stereocenters. The van der Waals surface area contributed by atoms with Gasteiger partial charge in [0.1, 0.15) is 6.10 Å². The van der Waals surface area contributed by atoms with Gasteiger partial charge in [-0.2, -0.15) is 4.31 Å². The summed E-state index contributed by atoms with van der Waals surface area (Å²) in [4.78, 5) is 0. The molecule has 1 fully saturated rings. The van der Waals surface area contributed by atoms with Crippen molar-refractivity contribution in [2.75, 3.05) is 13.7 Å². The lowest BCUT2D eigenvalue weighted by Gasteiger charge is -2.44. The Morgan fingerprint density at radius 2 is 1.53 bits per heavy atom. The van der Waals surface area contributed by atoms with Gasteiger partial charge in [-0.1, -0.05) is 68.4 Å². The molecule has 6 heteroatoms. The summed E-state index contributed by atoms with van der Waals surface area (Å²) in [6, 6.07) is 17.9. The number of sulfonamides is 1. The topological polar surface area (TPSA) is 55.8 Å². The molecule has 0 saturated carbocycles. The van der Waals surface area contributed by atoms with Gasteiger partial charge in [-0.3, -0.25) is 0 Å². The lowest BCUT2D eigenvalue weighted by Crippen LogP contribution is -2.54. The molecule has 1 heterocycles. The Labute approximate surface area is 181 Å². The molecule has 0 aromatic heterocycles. The standard InChI is InChI=1S/C24H33NO4S/c1-17(2)18(3)30(26,27)25(6)22-16-28-24(4,5)29-23(22)21-14-12-20(13-15-21)19-10-8-7-9-11-19/h7-15,17-18,22-23H,16H2,1-6H3/t18-,22-,23-/m1/s1. The van der Waals surface area contributed by atoms with Gasteiger partial charge in [0.05, 0.1) is 17.9 Å². The van der Waals surface area contributed by atoms with Crippen molar-refractivity contribution >= 4 is 10.0 Å². The normalized spacial score (nSPS) is 22.9. The average molecular weight is 432 g/mol. The van der Waals surface area contributed by atoms with E-state index in [2.05, 4.69) is 24.3 Å². The third-order valence-corrected chi connectivity index (χ3v) is 8.54. The van der Waals surface area contributed by atoms with Gasteiger partial charge >= 0.3 is 0 Å². The molecular weight excluding hydrogens is 398 g/mol. The van der Waals surface area contributed by atoms with Crippen molar-refractivity contribution in [3.8, 4) is 11.1 Å². The fourth-order valence-electron chi connectivity index (χ4n) is 3.67. The van der Waals surface area contributed by atoms with E-state index in [0.717, 1.165) is 16.7 Å². The maximum absolute atomic E-state index is 13.2. The molecular formula is C24H33NO4S. The molecule has 30 heavy (non-hydrogen) atoms. The minimum Gasteiger partial charge on any atom is -0.349 e. The van der Waals surface area contributed by atoms with Crippen LogP contribution in [0.5, 0.6) is 0 Å². The fraction of sp³-hybridized carbons (Fsp3) is 0.500. The minimum absolute atomic E-state index is 0.0166. The summed E-state index contributed by atoms with van der Waals surface area (Å²) in [7, 11) is -1.86. The molecule has 0 N–H and O–H groups in total. The second-order valence-electron chi connectivity index (χ2n) is 8.81. The number of hydrogen-bond acceptors (Lipinski definition) is 4. The van der Waals surface area contributed by atoms with E-state index >= 15 is 0 Å². The number of ether oxygens (including phenoxy) is 2. The van der Waals surface area contributed by atoms with E-state index < -0.39 is 33.2 Å². The van der Waals surface area contributed by atoms with Gasteiger partial charge in [0.15, 0.2) is 5.79 Å². The van der Waals surface area contributed by atoms with Crippen LogP contribution in [0.25, 0.3) is 11.1 Å². The van der Waals surface area contributed by atoms with Crippen molar-refractivity contribution in [3.63, 3.8) is 0 Å². The number of rotatable bonds is 6. The highest BCUT2D eigenvalue weighted by atomic mass is 32.2. The highest BCUT2D eigenvalue weighted by molar-refractivity contribution is 7.89. The van der Waals surface area contributed by atoms with E-state index in [1.165, 1.54) is 4.31 Å². The molecule has 0 aliphatic carbocycles. The third-order valence-electron chi connectivity index (χ3n) is 5.99. The largest absolute Gasteiger partial charge is 0.349 e. The summed E-state index contributed by atoms with van der Waals surface area (Å²) in [5, 5.41) is -0.487. The van der Waals surface area contributed by atoms with Crippen LogP contribution in [0.1, 0.15) is 46.3 Å². The zero-order valence-electron chi connectivity index (χ0n) is 18.7. The molecule has 0 bridgehead atoms. The van der Waals surface area contributed by atoms with E-state index in [1.54, 1.807) is 14.0 Å². The monoisotopic (exact) mass is 431 g/mol. The summed E-state index contributed by atoms with van der Waals surface area (Å²) < 4.78 is 39.9. The van der Waals surface area contributed by atoms with Gasteiger partial charge in [-0.25, -0.2) is 8.42 Å². The maximum Gasteiger partial charge on any atom is 0.217 e. The van der Waals surface area contributed by atoms with Crippen molar-refractivity contribution < 1.29 is 17.9 Å². The molecule has 1 aliphatic heterocycles. The molecule has 2 aromatic rings. The van der Waals surface area contributed by atoms with Crippen LogP contribution in [0.3, 0.4) is 0 Å². The van der Waals surface area contributed by atoms with Gasteiger partial charge in [-0.15, -0.1) is 0 Å². The lowest BCUT2D eigenvalue weighted by atomic mass is 9.97. The summed E-state index contributed by atoms with van der Waals surface area (Å²) in [5.41, 5.74) is 3.19. The zero-order chi connectivity index (χ0) is 22.1. The first-order chi connectivity index (χ1) is 14.0. The summed E-state index contributed by atoms with van der Waals surface area (Å²) in [6.45, 7) is 9.60. The molecule has 164 valence electrons. The highest BCUT2D eigenvalue weighted by Gasteiger charge is 2.44. The maximum atomic E-state index is 13.2. The molecule has 3 rings (SSSR count). The van der Waals surface area contributed by atoms with Crippen LogP contribution in [0, 0.1) is 5.92 Å². The number of nitrogens with zero attached hydrogens (tertiary/aromatic N) is 1. The van der Waals surface area contributed by atoms with E-state index in [0.29, 0.717) is 0 Å². The fourth-order valence-corrected chi connectivity index (χ4v) is 5.43. The van der Waals surface area contributed by atoms with Gasteiger partial charge in [-0.05, 0) is 43.4 Å². The Bertz CT molecular complexity index is 939. The summed E-state index contributed by atoms with van der Waals surface area (Å²) in [6.07, 6.45) is -0.419. The van der Waals surface area contributed by atoms with E-state index in [9.17, 15) is 8.42 Å². The Hall–Kier alpha value is -1.73. The van der Waals surface area contributed by atoms with Gasteiger partial charge < -0.3 is 9.47 Å². The first-order valence-corrected chi connectivity index (χ1v) is 12.0. The quantitative estimate of drug-likeness (QED) is 0.656. The van der Waals surface area contributed by atoms with Crippen LogP contribution >= 0.6 is 0 Å². The molecule has 0 radical (unpaired) electrons. The molecule has 0 unspecified atom stereocenters. The van der Waals surface area contributed by atoms with Crippen LogP contribution in [0.15, 0.2) is 54.6 Å². The molecule has 0 spiro atoms. The number of likely N-dealkylation sites (N-methyl/N-ethyl adjacent to an activating group) is 1. The number of hydrogen-bond donors (Lipinski definition) is 0. The summed E-state index contributed by atoms with van der Waals surface area (Å²) in [5.74, 6) is -0.768. The van der Waals surface area contributed by atoms with Crippen LogP contribution in [0.2, 0.25) is 0 Å². The molecule has 1 aliphatic rings. The first-order valence-electron chi connectivity index (χ1n) is 10.5. The predicted molar refractivity (Wildman–Crippen MR) is 121 cm³/mol. The van der Waals surface area contributed by atoms with E-state index in [1.807, 2.05) is 58.0 Å². The summed E-state index contributed by atoms with van der Waals surface area (Å²) >= 11 is 0. The van der Waals surface area contributed by atoms with Crippen molar-refractivity contribution in [1.82, 2.24) is 4.31 Å². The third kappa shape index (κ3) is 4.78. The van der Waals surface area contributed by atoms with Crippen LogP contribution in [0.4, 0.5) is 0 Å². The van der Waals surface area contributed by atoms with Crippen LogP contribution in [-0.2, 0) is 19.5 Å². The molecule has 1 saturated heterocycles. The van der Waals surface area contributed by atoms with Crippen LogP contribution in [-0.4, -0.2) is 43.5 Å². The predicted octanol–water partition coefficient (Wildman–Crippen LogP) is 4.85. The second-order valence-corrected chi connectivity index (χ2v) is 11.2. The van der Waals surface area contributed by atoms with E-state index in [4.69, 9.17) is 9.47 Å². The molecule has 2 aromatic carbocycles. The highest BCUT2D eigenvalue weighted by Crippen LogP contribution is 2.37. The van der Waals surface area contributed by atoms with Crippen molar-refractivity contribution in [3.05, 3.63) is 60.2 Å². The lowest BCUT2D eigenvalue weighted by molar-refractivity contribution is -0.291. The SMILES string of the molecule is CC(C)[C@@H](C)S(=O)(=O)N(C)[C@@H]1COC(C)(C)O[C@@H]1c1ccc(-c2ccccc2)cc1. The van der Waals surface area contributed by atoms with E-state index in [-0.39, 0.29) is 12.5 Å². The second kappa shape index (κ2) is 8.79. The van der Waals surface area contributed by atoms with Crippen LogP contribution < -0.4 is 0 Å².